The summed E-state index contributed by atoms with van der Waals surface area (Å²) in [5, 5.41) is 14.6. The van der Waals surface area contributed by atoms with E-state index in [1.54, 1.807) is 4.90 Å². The summed E-state index contributed by atoms with van der Waals surface area (Å²) < 4.78 is 0. The van der Waals surface area contributed by atoms with Crippen molar-refractivity contribution in [2.45, 2.75) is 51.0 Å². The Labute approximate surface area is 154 Å². The number of hydrogen-bond donors (Lipinski definition) is 3. The molecule has 2 heterocycles. The third-order valence-electron chi connectivity index (χ3n) is 5.27. The molecule has 144 valence electrons. The molecule has 3 N–H and O–H groups in total. The van der Waals surface area contributed by atoms with Crippen molar-refractivity contribution in [3.63, 3.8) is 0 Å². The van der Waals surface area contributed by atoms with Gasteiger partial charge in [0.15, 0.2) is 0 Å². The first-order chi connectivity index (χ1) is 12.5. The topological polar surface area (TPSA) is 98.7 Å². The lowest BCUT2D eigenvalue weighted by atomic mass is 9.86. The van der Waals surface area contributed by atoms with Gasteiger partial charge >= 0.3 is 5.97 Å². The van der Waals surface area contributed by atoms with Crippen LogP contribution in [0.1, 0.15) is 44.9 Å². The van der Waals surface area contributed by atoms with E-state index in [1.165, 1.54) is 12.8 Å². The maximum absolute atomic E-state index is 12.7. The zero-order valence-corrected chi connectivity index (χ0v) is 15.2. The van der Waals surface area contributed by atoms with Gasteiger partial charge in [0.1, 0.15) is 6.04 Å². The number of carboxylic acid groups (broad SMARTS) is 1. The molecule has 7 nitrogen and oxygen atoms in total. The maximum atomic E-state index is 12.7. The minimum absolute atomic E-state index is 0.00566. The number of carboxylic acids is 1. The number of nitrogens with zero attached hydrogens (tertiary/aromatic N) is 1. The number of nitrogens with one attached hydrogen (secondary N) is 2. The SMILES string of the molecule is C#C[C@H](CC(=O)O)NC(=O)CN1CCC[C@@H](CCC2CCNCC2)C1=O. The van der Waals surface area contributed by atoms with Crippen molar-refractivity contribution < 1.29 is 19.5 Å². The average molecular weight is 363 g/mol. The monoisotopic (exact) mass is 363 g/mol. The summed E-state index contributed by atoms with van der Waals surface area (Å²) in [4.78, 5) is 37.1. The average Bonchev–Trinajstić information content (AvgIpc) is 2.62. The molecule has 2 rings (SSSR count). The predicted octanol–water partition coefficient (Wildman–Crippen LogP) is 0.598. The van der Waals surface area contributed by atoms with Crippen LogP contribution in [0.3, 0.4) is 0 Å². The van der Waals surface area contributed by atoms with Gasteiger partial charge in [0, 0.05) is 12.5 Å². The largest absolute Gasteiger partial charge is 0.481 e. The van der Waals surface area contributed by atoms with Crippen molar-refractivity contribution in [2.24, 2.45) is 11.8 Å². The Morgan fingerprint density at radius 1 is 1.31 bits per heavy atom. The summed E-state index contributed by atoms with van der Waals surface area (Å²) in [6.45, 7) is 2.63. The van der Waals surface area contributed by atoms with Crippen molar-refractivity contribution in [2.75, 3.05) is 26.2 Å². The van der Waals surface area contributed by atoms with Crippen molar-refractivity contribution in [1.29, 1.82) is 0 Å². The molecule has 26 heavy (non-hydrogen) atoms. The molecule has 0 aliphatic carbocycles. The third kappa shape index (κ3) is 6.34. The lowest BCUT2D eigenvalue weighted by molar-refractivity contribution is -0.143. The smallest absolute Gasteiger partial charge is 0.306 e. The second kappa shape index (κ2) is 10.2. The van der Waals surface area contributed by atoms with Gasteiger partial charge in [0.2, 0.25) is 11.8 Å². The van der Waals surface area contributed by atoms with E-state index < -0.39 is 17.9 Å². The van der Waals surface area contributed by atoms with Crippen LogP contribution in [0.2, 0.25) is 0 Å². The lowest BCUT2D eigenvalue weighted by Crippen LogP contribution is -2.48. The third-order valence-corrected chi connectivity index (χ3v) is 5.27. The van der Waals surface area contributed by atoms with E-state index in [2.05, 4.69) is 16.6 Å². The summed E-state index contributed by atoms with van der Waals surface area (Å²) in [5.41, 5.74) is 0. The van der Waals surface area contributed by atoms with E-state index in [-0.39, 0.29) is 24.8 Å². The van der Waals surface area contributed by atoms with Gasteiger partial charge in [-0.3, -0.25) is 14.4 Å². The van der Waals surface area contributed by atoms with Crippen LogP contribution in [0.4, 0.5) is 0 Å². The van der Waals surface area contributed by atoms with Crippen molar-refractivity contribution in [3.8, 4) is 12.3 Å². The molecule has 2 fully saturated rings. The number of likely N-dealkylation sites (tertiary alicyclic amines) is 1. The van der Waals surface area contributed by atoms with Gasteiger partial charge in [-0.05, 0) is 57.5 Å². The Morgan fingerprint density at radius 3 is 2.69 bits per heavy atom. The number of terminal acetylenes is 1. The Balaban J connectivity index is 1.79. The van der Waals surface area contributed by atoms with Crippen LogP contribution >= 0.6 is 0 Å². The molecule has 0 bridgehead atoms. The molecule has 0 spiro atoms. The van der Waals surface area contributed by atoms with Gasteiger partial charge in [-0.2, -0.15) is 0 Å². The highest BCUT2D eigenvalue weighted by molar-refractivity contribution is 5.87. The molecule has 2 saturated heterocycles. The first kappa shape index (κ1) is 20.2. The number of aliphatic carboxylic acids is 1. The fourth-order valence-electron chi connectivity index (χ4n) is 3.79. The summed E-state index contributed by atoms with van der Waals surface area (Å²) in [7, 11) is 0. The highest BCUT2D eigenvalue weighted by Crippen LogP contribution is 2.27. The standard InChI is InChI=1S/C19H29N3O4/c1-2-16(12-18(24)25)21-17(23)13-22-11-3-4-15(19(22)26)6-5-14-7-9-20-10-8-14/h1,14-16,20H,3-13H2,(H,21,23)(H,24,25)/t15-,16+/m0/s1. The van der Waals surface area contributed by atoms with Gasteiger partial charge < -0.3 is 20.6 Å². The van der Waals surface area contributed by atoms with Crippen LogP contribution in [0, 0.1) is 24.2 Å². The minimum atomic E-state index is -1.07. The molecule has 0 aromatic carbocycles. The van der Waals surface area contributed by atoms with E-state index in [9.17, 15) is 14.4 Å². The first-order valence-corrected chi connectivity index (χ1v) is 9.46. The van der Waals surface area contributed by atoms with Crippen LogP contribution in [0.15, 0.2) is 0 Å². The van der Waals surface area contributed by atoms with Gasteiger partial charge in [-0.1, -0.05) is 5.92 Å². The van der Waals surface area contributed by atoms with E-state index >= 15 is 0 Å². The Bertz CT molecular complexity index is 551. The molecule has 0 aromatic heterocycles. The number of amides is 2. The van der Waals surface area contributed by atoms with Crippen LogP contribution in [0.5, 0.6) is 0 Å². The summed E-state index contributed by atoms with van der Waals surface area (Å²) in [5.74, 6) is 1.51. The quantitative estimate of drug-likeness (QED) is 0.549. The molecular formula is C19H29N3O4. The van der Waals surface area contributed by atoms with Crippen molar-refractivity contribution >= 4 is 17.8 Å². The Kier molecular flexibility index (Phi) is 7.92. The highest BCUT2D eigenvalue weighted by Gasteiger charge is 2.30. The summed E-state index contributed by atoms with van der Waals surface area (Å²) >= 11 is 0. The van der Waals surface area contributed by atoms with Crippen molar-refractivity contribution in [1.82, 2.24) is 15.5 Å². The van der Waals surface area contributed by atoms with E-state index in [1.807, 2.05) is 0 Å². The first-order valence-electron chi connectivity index (χ1n) is 9.46. The number of hydrogen-bond acceptors (Lipinski definition) is 4. The molecule has 2 aliphatic rings. The van der Waals surface area contributed by atoms with E-state index in [4.69, 9.17) is 11.5 Å². The normalized spacial score (nSPS) is 22.5. The number of piperidine rings is 2. The maximum Gasteiger partial charge on any atom is 0.306 e. The Hall–Kier alpha value is -2.07. The van der Waals surface area contributed by atoms with E-state index in [0.717, 1.165) is 38.8 Å². The number of carbonyl (C=O) groups excluding carboxylic acids is 2. The van der Waals surface area contributed by atoms with Crippen LogP contribution in [-0.4, -0.2) is 60.0 Å². The van der Waals surface area contributed by atoms with E-state index in [0.29, 0.717) is 12.5 Å². The summed E-state index contributed by atoms with van der Waals surface area (Å²) in [6, 6.07) is -0.851. The molecule has 2 amide bonds. The minimum Gasteiger partial charge on any atom is -0.481 e. The molecule has 0 radical (unpaired) electrons. The van der Waals surface area contributed by atoms with Crippen molar-refractivity contribution in [3.05, 3.63) is 0 Å². The van der Waals surface area contributed by atoms with Gasteiger partial charge in [0.25, 0.3) is 0 Å². The molecular weight excluding hydrogens is 334 g/mol. The predicted molar refractivity (Wildman–Crippen MR) is 97.1 cm³/mol. The molecule has 7 heteroatoms. The van der Waals surface area contributed by atoms with Crippen LogP contribution in [0.25, 0.3) is 0 Å². The van der Waals surface area contributed by atoms with Crippen LogP contribution in [-0.2, 0) is 14.4 Å². The zero-order valence-electron chi connectivity index (χ0n) is 15.2. The lowest BCUT2D eigenvalue weighted by Gasteiger charge is -2.33. The number of rotatable bonds is 8. The molecule has 2 atom stereocenters. The summed E-state index contributed by atoms with van der Waals surface area (Å²) in [6.07, 6.45) is 11.0. The molecule has 0 unspecified atom stereocenters. The zero-order chi connectivity index (χ0) is 18.9. The van der Waals surface area contributed by atoms with Gasteiger partial charge in [0.05, 0.1) is 13.0 Å². The van der Waals surface area contributed by atoms with Crippen LogP contribution < -0.4 is 10.6 Å². The fraction of sp³-hybridized carbons (Fsp3) is 0.737. The molecule has 0 aromatic rings. The molecule has 2 aliphatic heterocycles. The second-order valence-electron chi connectivity index (χ2n) is 7.25. The number of carbonyl (C=O) groups is 3. The van der Waals surface area contributed by atoms with Gasteiger partial charge in [-0.25, -0.2) is 0 Å². The Morgan fingerprint density at radius 2 is 2.04 bits per heavy atom. The second-order valence-corrected chi connectivity index (χ2v) is 7.25. The fourth-order valence-corrected chi connectivity index (χ4v) is 3.79. The highest BCUT2D eigenvalue weighted by atomic mass is 16.4. The molecule has 0 saturated carbocycles. The van der Waals surface area contributed by atoms with Gasteiger partial charge in [-0.15, -0.1) is 6.42 Å².